The molecule has 0 aliphatic rings. The van der Waals surface area contributed by atoms with Crippen LogP contribution in [0.15, 0.2) is 102 Å². The van der Waals surface area contributed by atoms with Gasteiger partial charge in [-0.2, -0.15) is 0 Å². The van der Waals surface area contributed by atoms with Crippen LogP contribution >= 0.6 is 23.2 Å². The van der Waals surface area contributed by atoms with Gasteiger partial charge in [0.25, 0.3) is 10.0 Å². The highest BCUT2D eigenvalue weighted by atomic mass is 35.5. The molecule has 0 fully saturated rings. The van der Waals surface area contributed by atoms with Crippen LogP contribution in [-0.2, 0) is 32.6 Å². The van der Waals surface area contributed by atoms with Crippen LogP contribution < -0.4 is 14.4 Å². The largest absolute Gasteiger partial charge is 0.495 e. The zero-order chi connectivity index (χ0) is 32.6. The number of hydrogen-bond donors (Lipinski definition) is 1. The summed E-state index contributed by atoms with van der Waals surface area (Å²) in [6.45, 7) is 3.34. The van der Waals surface area contributed by atoms with Crippen molar-refractivity contribution in [3.8, 4) is 5.75 Å². The van der Waals surface area contributed by atoms with E-state index in [0.29, 0.717) is 22.9 Å². The predicted octanol–water partition coefficient (Wildman–Crippen LogP) is 6.28. The fourth-order valence-corrected chi connectivity index (χ4v) is 6.69. The first-order valence-electron chi connectivity index (χ1n) is 14.3. The van der Waals surface area contributed by atoms with Gasteiger partial charge < -0.3 is 15.0 Å². The molecule has 4 rings (SSSR count). The Balaban J connectivity index is 1.83. The van der Waals surface area contributed by atoms with E-state index in [4.69, 9.17) is 27.9 Å². The van der Waals surface area contributed by atoms with E-state index < -0.39 is 28.5 Å². The summed E-state index contributed by atoms with van der Waals surface area (Å²) in [5, 5.41) is 3.42. The summed E-state index contributed by atoms with van der Waals surface area (Å²) in [5.41, 5.74) is 2.47. The van der Waals surface area contributed by atoms with Crippen molar-refractivity contribution in [1.82, 2.24) is 10.2 Å². The average molecular weight is 669 g/mol. The van der Waals surface area contributed by atoms with Crippen molar-refractivity contribution in [2.75, 3.05) is 24.5 Å². The smallest absolute Gasteiger partial charge is 0.264 e. The molecular formula is C34H35Cl2N3O5S. The van der Waals surface area contributed by atoms with Crippen LogP contribution in [0, 0.1) is 6.92 Å². The number of rotatable bonds is 13. The van der Waals surface area contributed by atoms with Crippen LogP contribution in [0.5, 0.6) is 5.75 Å². The van der Waals surface area contributed by atoms with Crippen LogP contribution in [0.2, 0.25) is 10.0 Å². The molecule has 0 radical (unpaired) electrons. The lowest BCUT2D eigenvalue weighted by atomic mass is 10.0. The molecule has 45 heavy (non-hydrogen) atoms. The minimum Gasteiger partial charge on any atom is -0.495 e. The fourth-order valence-electron chi connectivity index (χ4n) is 4.83. The Morgan fingerprint density at radius 1 is 0.889 bits per heavy atom. The summed E-state index contributed by atoms with van der Waals surface area (Å²) < 4.78 is 34.6. The predicted molar refractivity (Wildman–Crippen MR) is 178 cm³/mol. The second-order valence-electron chi connectivity index (χ2n) is 10.4. The summed E-state index contributed by atoms with van der Waals surface area (Å²) >= 11 is 12.9. The fraction of sp³-hybridized carbons (Fsp3) is 0.235. The first kappa shape index (κ1) is 33.8. The number of carbonyl (C=O) groups is 2. The van der Waals surface area contributed by atoms with Gasteiger partial charge in [0.2, 0.25) is 11.8 Å². The van der Waals surface area contributed by atoms with Gasteiger partial charge in [-0.25, -0.2) is 8.42 Å². The Morgan fingerprint density at radius 2 is 1.56 bits per heavy atom. The SMILES string of the molecule is CCNC(=O)[C@H](Cc1ccccc1)N(Cc1ccccc1Cl)C(=O)CN(c1ccc(OC)c(Cl)c1)S(=O)(=O)c1ccc(C)cc1. The first-order chi connectivity index (χ1) is 21.5. The van der Waals surface area contributed by atoms with Crippen molar-refractivity contribution >= 4 is 50.7 Å². The Morgan fingerprint density at radius 3 is 2.18 bits per heavy atom. The van der Waals surface area contributed by atoms with E-state index in [2.05, 4.69) is 5.32 Å². The molecule has 0 aliphatic heterocycles. The van der Waals surface area contributed by atoms with Crippen LogP contribution in [0.4, 0.5) is 5.69 Å². The zero-order valence-electron chi connectivity index (χ0n) is 25.2. The second-order valence-corrected chi connectivity index (χ2v) is 13.0. The molecule has 236 valence electrons. The van der Waals surface area contributed by atoms with Crippen molar-refractivity contribution in [1.29, 1.82) is 0 Å². The molecule has 1 atom stereocenters. The molecule has 0 aliphatic carbocycles. The second kappa shape index (κ2) is 15.3. The van der Waals surface area contributed by atoms with Gasteiger partial charge in [0.15, 0.2) is 0 Å². The Kier molecular flexibility index (Phi) is 11.5. The molecule has 0 saturated carbocycles. The number of aryl methyl sites for hydroxylation is 1. The summed E-state index contributed by atoms with van der Waals surface area (Å²) in [7, 11) is -2.82. The maximum Gasteiger partial charge on any atom is 0.264 e. The maximum absolute atomic E-state index is 14.5. The molecule has 4 aromatic rings. The standard InChI is InChI=1S/C34H35Cl2N3O5S/c1-4-37-34(41)31(20-25-10-6-5-7-11-25)38(22-26-12-8-9-13-29(26)35)33(40)23-39(27-16-19-32(44-3)30(36)21-27)45(42,43)28-17-14-24(2)15-18-28/h5-19,21,31H,4,20,22-23H2,1-3H3,(H,37,41)/t31-/m0/s1. The third-order valence-electron chi connectivity index (χ3n) is 7.23. The van der Waals surface area contributed by atoms with Gasteiger partial charge in [0.1, 0.15) is 18.3 Å². The number of halogens is 2. The minimum atomic E-state index is -4.27. The normalized spacial score (nSPS) is 11.8. The van der Waals surface area contributed by atoms with E-state index in [1.807, 2.05) is 37.3 Å². The monoisotopic (exact) mass is 667 g/mol. The highest BCUT2D eigenvalue weighted by molar-refractivity contribution is 7.92. The van der Waals surface area contributed by atoms with Gasteiger partial charge in [-0.05, 0) is 61.4 Å². The summed E-state index contributed by atoms with van der Waals surface area (Å²) in [5.74, 6) is -0.633. The number of nitrogens with zero attached hydrogens (tertiary/aromatic N) is 2. The van der Waals surface area contributed by atoms with Crippen molar-refractivity contribution in [2.45, 2.75) is 37.8 Å². The molecule has 0 saturated heterocycles. The molecule has 0 aromatic heterocycles. The highest BCUT2D eigenvalue weighted by Crippen LogP contribution is 2.32. The average Bonchev–Trinajstić information content (AvgIpc) is 3.03. The lowest BCUT2D eigenvalue weighted by Gasteiger charge is -2.34. The van der Waals surface area contributed by atoms with Crippen LogP contribution in [0.3, 0.4) is 0 Å². The molecule has 0 spiro atoms. The Labute approximate surface area is 274 Å². The van der Waals surface area contributed by atoms with Gasteiger partial charge >= 0.3 is 0 Å². The molecular weight excluding hydrogens is 633 g/mol. The lowest BCUT2D eigenvalue weighted by molar-refractivity contribution is -0.140. The summed E-state index contributed by atoms with van der Waals surface area (Å²) in [6.07, 6.45) is 0.196. The van der Waals surface area contributed by atoms with Crippen molar-refractivity contribution in [3.63, 3.8) is 0 Å². The van der Waals surface area contributed by atoms with Crippen LogP contribution in [0.25, 0.3) is 0 Å². The quantitative estimate of drug-likeness (QED) is 0.181. The van der Waals surface area contributed by atoms with Gasteiger partial charge in [0.05, 0.1) is 22.7 Å². The number of carbonyl (C=O) groups excluding carboxylic acids is 2. The van der Waals surface area contributed by atoms with E-state index >= 15 is 0 Å². The van der Waals surface area contributed by atoms with Gasteiger partial charge in [-0.15, -0.1) is 0 Å². The summed E-state index contributed by atoms with van der Waals surface area (Å²) in [6, 6.07) is 26.2. The van der Waals surface area contributed by atoms with Crippen molar-refractivity contribution in [3.05, 3.63) is 124 Å². The number of methoxy groups -OCH3 is 1. The van der Waals surface area contributed by atoms with Crippen LogP contribution in [-0.4, -0.2) is 51.4 Å². The molecule has 2 amide bonds. The molecule has 1 N–H and O–H groups in total. The van der Waals surface area contributed by atoms with Crippen molar-refractivity contribution < 1.29 is 22.7 Å². The highest BCUT2D eigenvalue weighted by Gasteiger charge is 2.35. The third kappa shape index (κ3) is 8.36. The number of amides is 2. The minimum absolute atomic E-state index is 0.00458. The number of likely N-dealkylation sites (N-methyl/N-ethyl adjacent to an activating group) is 1. The van der Waals surface area contributed by atoms with E-state index in [0.717, 1.165) is 15.4 Å². The van der Waals surface area contributed by atoms with Gasteiger partial charge in [0, 0.05) is 24.5 Å². The van der Waals surface area contributed by atoms with E-state index in [9.17, 15) is 18.0 Å². The molecule has 0 unspecified atom stereocenters. The topological polar surface area (TPSA) is 96.0 Å². The number of benzene rings is 4. The lowest BCUT2D eigenvalue weighted by Crippen LogP contribution is -2.53. The van der Waals surface area contributed by atoms with Crippen molar-refractivity contribution in [2.24, 2.45) is 0 Å². The number of ether oxygens (including phenoxy) is 1. The summed E-state index contributed by atoms with van der Waals surface area (Å²) in [4.78, 5) is 29.4. The van der Waals surface area contributed by atoms with Gasteiger partial charge in [-0.3, -0.25) is 13.9 Å². The molecule has 0 bridgehead atoms. The number of hydrogen-bond acceptors (Lipinski definition) is 5. The zero-order valence-corrected chi connectivity index (χ0v) is 27.6. The molecule has 8 nitrogen and oxygen atoms in total. The van der Waals surface area contributed by atoms with Gasteiger partial charge in [-0.1, -0.05) is 89.4 Å². The Bertz CT molecular complexity index is 1730. The molecule has 4 aromatic carbocycles. The van der Waals surface area contributed by atoms with E-state index in [-0.39, 0.29) is 34.5 Å². The molecule has 0 heterocycles. The Hall–Kier alpha value is -4.05. The van der Waals surface area contributed by atoms with Crippen LogP contribution in [0.1, 0.15) is 23.6 Å². The first-order valence-corrected chi connectivity index (χ1v) is 16.5. The maximum atomic E-state index is 14.5. The third-order valence-corrected chi connectivity index (χ3v) is 9.68. The molecule has 11 heteroatoms. The number of nitrogens with one attached hydrogen (secondary N) is 1. The number of sulfonamides is 1. The number of anilines is 1. The van der Waals surface area contributed by atoms with E-state index in [1.54, 1.807) is 43.3 Å². The van der Waals surface area contributed by atoms with E-state index in [1.165, 1.54) is 42.3 Å².